The number of aliphatic hydroxyl groups excluding tert-OH is 9. The van der Waals surface area contributed by atoms with Gasteiger partial charge in [-0.2, -0.15) is 0 Å². The van der Waals surface area contributed by atoms with Crippen LogP contribution in [-0.4, -0.2) is 298 Å². The van der Waals surface area contributed by atoms with Crippen LogP contribution in [0.1, 0.15) is 156 Å². The number of carbonyl (C=O) groups is 5. The molecule has 20 atom stereocenters. The van der Waals surface area contributed by atoms with Gasteiger partial charge in [0.05, 0.1) is 196 Å². The number of cyclic esters (lactones) is 1. The van der Waals surface area contributed by atoms with E-state index in [9.17, 15) is 75.0 Å². The first kappa shape index (κ1) is 106. The Morgan fingerprint density at radius 2 is 1.16 bits per heavy atom. The number of fused-ring (bicyclic) bond motifs is 7. The standard InChI is InChI=1S/C93H140N6O27/c1-6-7-18-33-75(94)91(113)122-55-54-121-53-52-120-49-46-117-43-40-99-87-73-31-22-21-28-67(73)62-98(76-34-24-23-32-74(76)86(87)96-97-99)82(108)36-25-29-68(100)39-42-116-45-48-119-51-50-118-47-44-115-41-26-35-78(105)84-80(107)61-93(114)60-71(103)57-79(106)77(104)38-37-69(101)56-70(102)58-83(109)123-65(4)64(3)88(110)63(2)27-19-16-14-12-10-8-9-11-13-15-17-20-30-72(59-81(84)126-93)125-92-90(112)85(95)89(111)66(5)124-92/h8-17,19-24,27-28,30-32,34,63-66,69-72,75,77,79-81,84-85,88-90,92,101-104,106-107,110-112,114H,6-7,18,25-26,29,33,35-62,94-95H2,1-5H3/b9-8+,12-10+,13-11+,16-14+,17-15+,27-19+,30-20+/t63-,64-,65-,66+,69+,70+,71-,72-,75-,77+,79+,80-,81?,84+,85-,88+,89+,90-,92?,93+/m0/s1. The van der Waals surface area contributed by atoms with Gasteiger partial charge in [0.1, 0.15) is 42.1 Å². The fourth-order valence-electron chi connectivity index (χ4n) is 15.2. The quantitative estimate of drug-likeness (QED) is 0.0224. The van der Waals surface area contributed by atoms with Crippen LogP contribution in [0, 0.1) is 17.8 Å². The number of aromatic nitrogens is 3. The molecule has 0 saturated carbocycles. The molecule has 14 N–H and O–H groups in total. The number of ether oxygens (including phenoxy) is 12. The topological polar surface area (TPSA) is 484 Å². The lowest BCUT2D eigenvalue weighted by molar-refractivity contribution is -0.307. The lowest BCUT2D eigenvalue weighted by Crippen LogP contribution is -2.61. The highest BCUT2D eigenvalue weighted by atomic mass is 16.7. The van der Waals surface area contributed by atoms with Gasteiger partial charge in [-0.3, -0.25) is 24.0 Å². The number of allylic oxidation sites excluding steroid dienone is 12. The van der Waals surface area contributed by atoms with Crippen molar-refractivity contribution in [1.29, 1.82) is 0 Å². The van der Waals surface area contributed by atoms with Gasteiger partial charge in [0, 0.05) is 80.9 Å². The summed E-state index contributed by atoms with van der Waals surface area (Å²) in [4.78, 5) is 68.3. The third-order valence-corrected chi connectivity index (χ3v) is 22.5. The second-order valence-corrected chi connectivity index (χ2v) is 32.7. The van der Waals surface area contributed by atoms with Crippen LogP contribution in [0.3, 0.4) is 0 Å². The molecule has 2 unspecified atom stereocenters. The third-order valence-electron chi connectivity index (χ3n) is 22.5. The fraction of sp³-hybridized carbons (Fsp3) is 0.645. The minimum atomic E-state index is -2.33. The van der Waals surface area contributed by atoms with Gasteiger partial charge in [0.25, 0.3) is 0 Å². The summed E-state index contributed by atoms with van der Waals surface area (Å²) in [5, 5.41) is 121. The molecule has 0 spiro atoms. The van der Waals surface area contributed by atoms with Crippen LogP contribution in [0.15, 0.2) is 134 Å². The van der Waals surface area contributed by atoms with Crippen molar-refractivity contribution in [2.75, 3.05) is 104 Å². The van der Waals surface area contributed by atoms with Crippen molar-refractivity contribution in [2.24, 2.45) is 29.2 Å². The number of unbranched alkanes of at least 4 members (excludes halogenated alkanes) is 2. The molecule has 0 radical (unpaired) electrons. The predicted octanol–water partition coefficient (Wildman–Crippen LogP) is 6.15. The Hall–Kier alpha value is -7.37. The average Bonchev–Trinajstić information content (AvgIpc) is 1.55. The van der Waals surface area contributed by atoms with Gasteiger partial charge < -0.3 is 124 Å². The van der Waals surface area contributed by atoms with E-state index in [-0.39, 0.29) is 148 Å². The Balaban J connectivity index is 0.827. The number of anilines is 1. The van der Waals surface area contributed by atoms with Crippen molar-refractivity contribution in [1.82, 2.24) is 15.0 Å². The zero-order chi connectivity index (χ0) is 91.2. The Morgan fingerprint density at radius 3 is 1.81 bits per heavy atom. The summed E-state index contributed by atoms with van der Waals surface area (Å²) in [7, 11) is 0. The van der Waals surface area contributed by atoms with Crippen LogP contribution in [0.5, 0.6) is 0 Å². The van der Waals surface area contributed by atoms with E-state index in [1.807, 2.05) is 90.5 Å². The third kappa shape index (κ3) is 37.2. The molecule has 1 amide bonds. The zero-order valence-corrected chi connectivity index (χ0v) is 73.8. The number of Topliss-reactive ketones (excluding diaryl/α,β-unsaturated/α-hetero) is 2. The molecule has 7 rings (SSSR count). The van der Waals surface area contributed by atoms with Crippen molar-refractivity contribution in [3.05, 3.63) is 139 Å². The highest BCUT2D eigenvalue weighted by Crippen LogP contribution is 2.43. The number of ketones is 2. The number of hydrogen-bond acceptors (Lipinski definition) is 31. The molecule has 2 bridgehead atoms. The van der Waals surface area contributed by atoms with Gasteiger partial charge in [0.2, 0.25) is 5.91 Å². The molecule has 2 aromatic carbocycles. The number of nitrogens with zero attached hydrogens (tertiary/aromatic N) is 4. The molecule has 1 aromatic heterocycles. The Bertz CT molecular complexity index is 3890. The van der Waals surface area contributed by atoms with Crippen molar-refractivity contribution >= 4 is 35.1 Å². The number of esters is 2. The Kier molecular flexibility index (Phi) is 48.9. The normalized spacial score (nSPS) is 29.7. The minimum absolute atomic E-state index is 0.0338. The van der Waals surface area contributed by atoms with Gasteiger partial charge >= 0.3 is 11.9 Å². The molecule has 4 aliphatic rings. The Labute approximate surface area is 740 Å². The van der Waals surface area contributed by atoms with E-state index in [4.69, 9.17) is 68.3 Å². The molecular weight excluding hydrogens is 1630 g/mol. The lowest BCUT2D eigenvalue weighted by atomic mass is 9.79. The lowest BCUT2D eigenvalue weighted by Gasteiger charge is -2.46. The molecule has 3 aromatic rings. The molecular formula is C93H140N6O27. The van der Waals surface area contributed by atoms with Crippen LogP contribution in [0.25, 0.3) is 22.5 Å². The SMILES string of the molecule is CCCCC[C@H](N)C(=O)OCCOCCOCCOCCn1nnc2c1-c1ccccc1CN(C(=O)CCCC(=O)CCOCCOCCOCCOCCCC(=O)[C@H]1C3C[C@@H](OC4O[C@H](C)[C@@H](O)[C@H](N)[C@@H]4O)/C=C/C=C/C=C/C=C/C=C/C=C/C=C/[C@H](C)[C@@H](O)[C@@H](C)[C@H](C)OC(=O)C[C@H](O)C[C@H](O)CC[C@@H](O)[C@H](O)C[C@H](O)C[C@](O)(C[C@@H]1O)O3)c1ccccc1-2. The molecule has 5 heterocycles. The van der Waals surface area contributed by atoms with E-state index < -0.39 is 159 Å². The van der Waals surface area contributed by atoms with Crippen molar-refractivity contribution in [2.45, 2.75) is 267 Å². The first-order chi connectivity index (χ1) is 60.7. The molecule has 0 aliphatic carbocycles. The monoisotopic (exact) mass is 1770 g/mol. The van der Waals surface area contributed by atoms with Crippen molar-refractivity contribution < 1.29 is 132 Å². The summed E-state index contributed by atoms with van der Waals surface area (Å²) < 4.78 is 71.1. The van der Waals surface area contributed by atoms with E-state index in [1.54, 1.807) is 80.4 Å². The van der Waals surface area contributed by atoms with Crippen LogP contribution < -0.4 is 16.4 Å². The van der Waals surface area contributed by atoms with E-state index in [0.29, 0.717) is 63.8 Å². The highest BCUT2D eigenvalue weighted by Gasteiger charge is 2.51. The van der Waals surface area contributed by atoms with E-state index in [2.05, 4.69) is 17.2 Å². The van der Waals surface area contributed by atoms with Crippen molar-refractivity contribution in [3.63, 3.8) is 0 Å². The Morgan fingerprint density at radius 1 is 0.571 bits per heavy atom. The first-order valence-corrected chi connectivity index (χ1v) is 44.6. The maximum Gasteiger partial charge on any atom is 0.322 e. The summed E-state index contributed by atoms with van der Waals surface area (Å²) in [6, 6.07) is 13.7. The summed E-state index contributed by atoms with van der Waals surface area (Å²) in [6.45, 7) is 13.3. The van der Waals surface area contributed by atoms with E-state index in [1.165, 1.54) is 0 Å². The maximum absolute atomic E-state index is 14.4. The maximum atomic E-state index is 14.4. The van der Waals surface area contributed by atoms with Crippen LogP contribution in [-0.2, 0) is 93.9 Å². The van der Waals surface area contributed by atoms with Crippen LogP contribution in [0.4, 0.5) is 5.69 Å². The molecule has 2 saturated heterocycles. The molecule has 33 heteroatoms. The summed E-state index contributed by atoms with van der Waals surface area (Å²) in [6.07, 6.45) is 8.29. The van der Waals surface area contributed by atoms with Gasteiger partial charge in [0.15, 0.2) is 12.1 Å². The summed E-state index contributed by atoms with van der Waals surface area (Å²) in [5.74, 6) is -6.18. The number of para-hydroxylation sites is 1. The second kappa shape index (κ2) is 58.3. The number of aliphatic hydroxyl groups is 10. The predicted molar refractivity (Wildman–Crippen MR) is 468 cm³/mol. The van der Waals surface area contributed by atoms with E-state index in [0.717, 1.165) is 41.6 Å². The van der Waals surface area contributed by atoms with Gasteiger partial charge in [-0.05, 0) is 64.0 Å². The highest BCUT2D eigenvalue weighted by molar-refractivity contribution is 6.00. The van der Waals surface area contributed by atoms with Crippen LogP contribution >= 0.6 is 0 Å². The molecule has 704 valence electrons. The minimum Gasteiger partial charge on any atom is -0.462 e. The molecule has 4 aliphatic heterocycles. The van der Waals surface area contributed by atoms with Gasteiger partial charge in [-0.25, -0.2) is 4.68 Å². The number of benzene rings is 2. The summed E-state index contributed by atoms with van der Waals surface area (Å²) in [5.41, 5.74) is 16.8. The number of nitrogens with two attached hydrogens (primary N) is 2. The van der Waals surface area contributed by atoms with Gasteiger partial charge in [-0.15, -0.1) is 5.10 Å². The van der Waals surface area contributed by atoms with Crippen molar-refractivity contribution in [3.8, 4) is 22.5 Å². The second-order valence-electron chi connectivity index (χ2n) is 32.7. The fourth-order valence-corrected chi connectivity index (χ4v) is 15.2. The summed E-state index contributed by atoms with van der Waals surface area (Å²) >= 11 is 0. The average molecular weight is 1770 g/mol. The molecule has 126 heavy (non-hydrogen) atoms. The number of rotatable bonds is 40. The van der Waals surface area contributed by atoms with E-state index >= 15 is 0 Å². The number of hydrogen-bond donors (Lipinski definition) is 12. The molecule has 33 nitrogen and oxygen atoms in total. The zero-order valence-electron chi connectivity index (χ0n) is 73.8. The smallest absolute Gasteiger partial charge is 0.322 e. The molecule has 2 fully saturated rings. The first-order valence-electron chi connectivity index (χ1n) is 44.6. The number of amides is 1. The van der Waals surface area contributed by atoms with Crippen LogP contribution in [0.2, 0.25) is 0 Å². The largest absolute Gasteiger partial charge is 0.462 e. The number of carbonyl (C=O) groups excluding carboxylic acids is 5. The van der Waals surface area contributed by atoms with Gasteiger partial charge in [-0.1, -0.05) is 173 Å².